The number of hydrogen-bond acceptors (Lipinski definition) is 8. The Morgan fingerprint density at radius 3 is 2.39 bits per heavy atom. The number of likely N-dealkylation sites (tertiary alicyclic amines) is 1. The highest BCUT2D eigenvalue weighted by Gasteiger charge is 2.52. The fraction of sp³-hybridized carbons (Fsp3) is 0.760. The van der Waals surface area contributed by atoms with Gasteiger partial charge < -0.3 is 24.3 Å². The second-order valence-electron chi connectivity index (χ2n) is 11.6. The number of ether oxygens (including phenoxy) is 1. The summed E-state index contributed by atoms with van der Waals surface area (Å²) in [6.07, 6.45) is 6.79. The molecule has 3 rings (SSSR count). The lowest BCUT2D eigenvalue weighted by atomic mass is 9.81. The van der Waals surface area contributed by atoms with Gasteiger partial charge in [0.25, 0.3) is 0 Å². The van der Waals surface area contributed by atoms with E-state index in [0.29, 0.717) is 11.7 Å². The standard InChI is InChI=1S/C25H41BN4O5S/c1-17(29-22(32)33-23(2,3)4)20(31)30-13-10-9-11-19(30)12-14-36-21-27-15-18(16-28-21)26-34-24(5,6)25(7,8)35-26/h15-17,19H,9-14H2,1-8H3,(H,29,32). The summed E-state index contributed by atoms with van der Waals surface area (Å²) in [5, 5.41) is 3.36. The molecule has 1 aromatic heterocycles. The number of rotatable bonds is 7. The topological polar surface area (TPSA) is 103 Å². The highest BCUT2D eigenvalue weighted by Crippen LogP contribution is 2.36. The van der Waals surface area contributed by atoms with Gasteiger partial charge in [0.1, 0.15) is 11.6 Å². The van der Waals surface area contributed by atoms with Crippen LogP contribution in [0.3, 0.4) is 0 Å². The molecule has 200 valence electrons. The van der Waals surface area contributed by atoms with Gasteiger partial charge in [-0.1, -0.05) is 11.8 Å². The van der Waals surface area contributed by atoms with Crippen molar-refractivity contribution >= 4 is 36.3 Å². The molecule has 2 fully saturated rings. The van der Waals surface area contributed by atoms with Crippen molar-refractivity contribution in [2.24, 2.45) is 0 Å². The molecule has 2 aliphatic heterocycles. The van der Waals surface area contributed by atoms with Crippen molar-refractivity contribution in [2.45, 2.75) is 115 Å². The molecule has 0 radical (unpaired) electrons. The number of thioether (sulfide) groups is 1. The van der Waals surface area contributed by atoms with Gasteiger partial charge in [0.05, 0.1) is 11.2 Å². The number of alkyl carbamates (subject to hydrolysis) is 1. The molecule has 1 aromatic rings. The molecule has 0 aliphatic carbocycles. The van der Waals surface area contributed by atoms with Gasteiger partial charge in [0.2, 0.25) is 5.91 Å². The average molecular weight is 521 g/mol. The molecule has 2 saturated heterocycles. The minimum absolute atomic E-state index is 0.0708. The lowest BCUT2D eigenvalue weighted by molar-refractivity contribution is -0.136. The van der Waals surface area contributed by atoms with Crippen LogP contribution in [0.1, 0.15) is 81.1 Å². The first kappa shape index (κ1) is 28.7. The number of amides is 2. The number of nitrogens with zero attached hydrogens (tertiary/aromatic N) is 3. The first-order valence-electron chi connectivity index (χ1n) is 12.8. The first-order valence-corrected chi connectivity index (χ1v) is 13.8. The van der Waals surface area contributed by atoms with Crippen LogP contribution in [0.5, 0.6) is 0 Å². The Kier molecular flexibility index (Phi) is 8.99. The van der Waals surface area contributed by atoms with Gasteiger partial charge in [-0.2, -0.15) is 0 Å². The predicted octanol–water partition coefficient (Wildman–Crippen LogP) is 3.55. The molecule has 0 aromatic carbocycles. The number of carbonyl (C=O) groups is 2. The molecule has 0 spiro atoms. The molecular weight excluding hydrogens is 479 g/mol. The third-order valence-electron chi connectivity index (χ3n) is 6.87. The quantitative estimate of drug-likeness (QED) is 0.331. The van der Waals surface area contributed by atoms with E-state index < -0.39 is 36.1 Å². The van der Waals surface area contributed by atoms with Gasteiger partial charge in [-0.25, -0.2) is 14.8 Å². The second-order valence-corrected chi connectivity index (χ2v) is 12.6. The van der Waals surface area contributed by atoms with Gasteiger partial charge in [-0.15, -0.1) is 0 Å². The summed E-state index contributed by atoms with van der Waals surface area (Å²) in [7, 11) is -0.480. The minimum atomic E-state index is -0.640. The Morgan fingerprint density at radius 2 is 1.81 bits per heavy atom. The molecule has 2 amide bonds. The number of hydrogen-bond donors (Lipinski definition) is 1. The number of aromatic nitrogens is 2. The van der Waals surface area contributed by atoms with E-state index in [0.717, 1.165) is 36.9 Å². The van der Waals surface area contributed by atoms with Crippen molar-refractivity contribution in [1.82, 2.24) is 20.2 Å². The summed E-state index contributed by atoms with van der Waals surface area (Å²) in [6, 6.07) is -0.510. The SMILES string of the molecule is CC(NC(=O)OC(C)(C)C)C(=O)N1CCCCC1CCSc1ncc(B2OC(C)(C)C(C)(C)O2)cn1. The van der Waals surface area contributed by atoms with Crippen molar-refractivity contribution in [3.63, 3.8) is 0 Å². The van der Waals surface area contributed by atoms with Crippen LogP contribution in [0.2, 0.25) is 0 Å². The molecule has 1 N–H and O–H groups in total. The number of carbonyl (C=O) groups excluding carboxylic acids is 2. The molecule has 11 heteroatoms. The summed E-state index contributed by atoms with van der Waals surface area (Å²) < 4.78 is 17.4. The fourth-order valence-corrected chi connectivity index (χ4v) is 5.00. The molecule has 2 atom stereocenters. The van der Waals surface area contributed by atoms with Gasteiger partial charge in [-0.05, 0) is 81.1 Å². The van der Waals surface area contributed by atoms with E-state index in [2.05, 4.69) is 15.3 Å². The van der Waals surface area contributed by atoms with Gasteiger partial charge in [0, 0.05) is 36.2 Å². The first-order chi connectivity index (χ1) is 16.7. The van der Waals surface area contributed by atoms with E-state index in [1.165, 1.54) is 0 Å². The van der Waals surface area contributed by atoms with E-state index in [1.54, 1.807) is 51.9 Å². The molecule has 0 bridgehead atoms. The monoisotopic (exact) mass is 520 g/mol. The Hall–Kier alpha value is -1.85. The Morgan fingerprint density at radius 1 is 1.19 bits per heavy atom. The molecule has 2 unspecified atom stereocenters. The zero-order chi connectivity index (χ0) is 26.7. The Balaban J connectivity index is 1.50. The Bertz CT molecular complexity index is 906. The van der Waals surface area contributed by atoms with Crippen molar-refractivity contribution in [3.05, 3.63) is 12.4 Å². The van der Waals surface area contributed by atoms with E-state index in [-0.39, 0.29) is 11.9 Å². The number of piperidine rings is 1. The van der Waals surface area contributed by atoms with E-state index in [9.17, 15) is 9.59 Å². The third-order valence-corrected chi connectivity index (χ3v) is 7.78. The van der Waals surface area contributed by atoms with Crippen molar-refractivity contribution in [1.29, 1.82) is 0 Å². The minimum Gasteiger partial charge on any atom is -0.444 e. The highest BCUT2D eigenvalue weighted by atomic mass is 32.2. The van der Waals surface area contributed by atoms with Crippen molar-refractivity contribution < 1.29 is 23.6 Å². The lowest BCUT2D eigenvalue weighted by Gasteiger charge is -2.37. The number of nitrogens with one attached hydrogen (secondary N) is 1. The normalized spacial score (nSPS) is 22.3. The predicted molar refractivity (Wildman–Crippen MR) is 141 cm³/mol. The maximum Gasteiger partial charge on any atom is 0.498 e. The van der Waals surface area contributed by atoms with Crippen LogP contribution in [-0.2, 0) is 18.8 Å². The largest absolute Gasteiger partial charge is 0.498 e. The van der Waals surface area contributed by atoms with Crippen LogP contribution < -0.4 is 10.8 Å². The lowest BCUT2D eigenvalue weighted by Crippen LogP contribution is -2.53. The molecule has 36 heavy (non-hydrogen) atoms. The van der Waals surface area contributed by atoms with Crippen LogP contribution in [0.15, 0.2) is 17.6 Å². The second kappa shape index (κ2) is 11.3. The third kappa shape index (κ3) is 7.35. The molecule has 9 nitrogen and oxygen atoms in total. The maximum absolute atomic E-state index is 13.1. The summed E-state index contributed by atoms with van der Waals surface area (Å²) in [5.41, 5.74) is -0.626. The molecular formula is C25H41BN4O5S. The summed E-state index contributed by atoms with van der Waals surface area (Å²) >= 11 is 1.57. The summed E-state index contributed by atoms with van der Waals surface area (Å²) in [6.45, 7) is 15.9. The van der Waals surface area contributed by atoms with E-state index in [1.807, 2.05) is 32.6 Å². The fourth-order valence-electron chi connectivity index (χ4n) is 4.17. The zero-order valence-corrected chi connectivity index (χ0v) is 23.7. The zero-order valence-electron chi connectivity index (χ0n) is 22.9. The van der Waals surface area contributed by atoms with Crippen LogP contribution in [-0.4, -0.2) is 75.2 Å². The molecule has 3 heterocycles. The molecule has 0 saturated carbocycles. The summed E-state index contributed by atoms with van der Waals surface area (Å²) in [4.78, 5) is 36.1. The molecule has 2 aliphatic rings. The average Bonchev–Trinajstić information content (AvgIpc) is 2.99. The van der Waals surface area contributed by atoms with E-state index >= 15 is 0 Å². The van der Waals surface area contributed by atoms with Gasteiger partial charge in [0.15, 0.2) is 5.16 Å². The van der Waals surface area contributed by atoms with Crippen molar-refractivity contribution in [3.8, 4) is 0 Å². The summed E-state index contributed by atoms with van der Waals surface area (Å²) in [5.74, 6) is 0.719. The maximum atomic E-state index is 13.1. The van der Waals surface area contributed by atoms with Crippen LogP contribution in [0, 0.1) is 0 Å². The van der Waals surface area contributed by atoms with Crippen LogP contribution in [0.4, 0.5) is 4.79 Å². The van der Waals surface area contributed by atoms with E-state index in [4.69, 9.17) is 14.0 Å². The smallest absolute Gasteiger partial charge is 0.444 e. The van der Waals surface area contributed by atoms with Crippen molar-refractivity contribution in [2.75, 3.05) is 12.3 Å². The van der Waals surface area contributed by atoms with Crippen LogP contribution >= 0.6 is 11.8 Å². The van der Waals surface area contributed by atoms with Gasteiger partial charge >= 0.3 is 13.2 Å². The highest BCUT2D eigenvalue weighted by molar-refractivity contribution is 7.99. The Labute approximate surface area is 220 Å². The van der Waals surface area contributed by atoms with Gasteiger partial charge in [-0.3, -0.25) is 4.79 Å². The van der Waals surface area contributed by atoms with Crippen LogP contribution in [0.25, 0.3) is 0 Å².